The highest BCUT2D eigenvalue weighted by atomic mass is 32.2. The van der Waals surface area contributed by atoms with Crippen LogP contribution in [0.5, 0.6) is 11.5 Å². The summed E-state index contributed by atoms with van der Waals surface area (Å²) in [5, 5.41) is 16.5. The fourth-order valence-electron chi connectivity index (χ4n) is 3.98. The van der Waals surface area contributed by atoms with Crippen molar-refractivity contribution < 1.29 is 37.0 Å². The minimum Gasteiger partial charge on any atom is -0.506 e. The van der Waals surface area contributed by atoms with E-state index < -0.39 is 33.5 Å². The van der Waals surface area contributed by atoms with E-state index in [-0.39, 0.29) is 39.0 Å². The number of primary sulfonamides is 1. The zero-order valence-electron chi connectivity index (χ0n) is 19.0. The molecule has 0 bridgehead atoms. The summed E-state index contributed by atoms with van der Waals surface area (Å²) in [4.78, 5) is 27.4. The van der Waals surface area contributed by atoms with Crippen molar-refractivity contribution in [3.63, 3.8) is 0 Å². The lowest BCUT2D eigenvalue weighted by atomic mass is 9.98. The molecule has 2 aromatic carbocycles. The van der Waals surface area contributed by atoms with Gasteiger partial charge in [-0.25, -0.2) is 13.6 Å². The van der Waals surface area contributed by atoms with Crippen LogP contribution >= 0.6 is 0 Å². The normalized spacial score (nSPS) is 17.6. The smallest absolute Gasteiger partial charge is 0.300 e. The number of nitrogens with zero attached hydrogens (tertiary/aromatic N) is 1. The fraction of sp³-hybridized carbons (Fsp3) is 0.167. The number of amides is 1. The Morgan fingerprint density at radius 1 is 1.00 bits per heavy atom. The van der Waals surface area contributed by atoms with Crippen LogP contribution in [0.4, 0.5) is 5.69 Å². The van der Waals surface area contributed by atoms with Gasteiger partial charge in [-0.3, -0.25) is 14.5 Å². The largest absolute Gasteiger partial charge is 0.506 e. The molecule has 35 heavy (non-hydrogen) atoms. The number of nitrogens with two attached hydrogens (primary N) is 1. The Bertz CT molecular complexity index is 1430. The van der Waals surface area contributed by atoms with Crippen LogP contribution in [0.1, 0.15) is 23.1 Å². The minimum atomic E-state index is -3.97. The molecule has 1 fully saturated rings. The lowest BCUT2D eigenvalue weighted by Gasteiger charge is -2.24. The molecule has 11 heteroatoms. The summed E-state index contributed by atoms with van der Waals surface area (Å²) in [6.07, 6.45) is 0. The number of anilines is 1. The standard InChI is InChI=1S/C24H22N2O8S/c1-13-7-12-18(34-13)21-20(22(27)19-16(32-2)5-4-6-17(19)33-3)23(28)24(29)26(21)14-8-10-15(11-9-14)35(25,30)31/h4-12,21,27H,1-3H3,(H2,25,30,31)/b22-20+. The predicted molar refractivity (Wildman–Crippen MR) is 126 cm³/mol. The number of ether oxygens (including phenoxy) is 2. The molecule has 0 saturated carbocycles. The molecule has 1 aliphatic rings. The average Bonchev–Trinajstić information content (AvgIpc) is 3.38. The van der Waals surface area contributed by atoms with E-state index in [0.717, 1.165) is 4.90 Å². The third-order valence-corrected chi connectivity index (χ3v) is 6.51. The number of furan rings is 1. The second kappa shape index (κ2) is 8.93. The third-order valence-electron chi connectivity index (χ3n) is 5.58. The number of sulfonamides is 1. The molecule has 182 valence electrons. The zero-order chi connectivity index (χ0) is 25.5. The van der Waals surface area contributed by atoms with Crippen molar-refractivity contribution in [3.8, 4) is 11.5 Å². The molecular weight excluding hydrogens is 476 g/mol. The van der Waals surface area contributed by atoms with Crippen LogP contribution in [-0.4, -0.2) is 39.4 Å². The van der Waals surface area contributed by atoms with Crippen molar-refractivity contribution in [2.75, 3.05) is 19.1 Å². The number of aliphatic hydroxyl groups is 1. The molecular formula is C24H22N2O8S. The number of rotatable bonds is 6. The van der Waals surface area contributed by atoms with Gasteiger partial charge in [0.1, 0.15) is 40.4 Å². The van der Waals surface area contributed by atoms with E-state index in [0.29, 0.717) is 5.76 Å². The molecule has 3 aromatic rings. The van der Waals surface area contributed by atoms with E-state index in [1.807, 2.05) is 0 Å². The fourth-order valence-corrected chi connectivity index (χ4v) is 4.50. The maximum absolute atomic E-state index is 13.3. The number of hydrogen-bond donors (Lipinski definition) is 2. The Kier molecular flexibility index (Phi) is 6.14. The molecule has 10 nitrogen and oxygen atoms in total. The molecule has 4 rings (SSSR count). The Morgan fingerprint density at radius 3 is 2.09 bits per heavy atom. The second-order valence-electron chi connectivity index (χ2n) is 7.69. The summed E-state index contributed by atoms with van der Waals surface area (Å²) in [6, 6.07) is 12.0. The van der Waals surface area contributed by atoms with Gasteiger partial charge in [0.25, 0.3) is 11.7 Å². The van der Waals surface area contributed by atoms with Crippen LogP contribution in [0.15, 0.2) is 69.5 Å². The number of benzene rings is 2. The highest BCUT2D eigenvalue weighted by Crippen LogP contribution is 2.45. The second-order valence-corrected chi connectivity index (χ2v) is 9.26. The number of carbonyl (C=O) groups is 2. The molecule has 1 saturated heterocycles. The highest BCUT2D eigenvalue weighted by Gasteiger charge is 2.49. The highest BCUT2D eigenvalue weighted by molar-refractivity contribution is 7.89. The maximum Gasteiger partial charge on any atom is 0.300 e. The van der Waals surface area contributed by atoms with E-state index in [9.17, 15) is 23.1 Å². The number of aliphatic hydroxyl groups excluding tert-OH is 1. The first-order valence-corrected chi connectivity index (χ1v) is 11.8. The SMILES string of the molecule is COc1cccc(OC)c1/C(O)=C1\C(=O)C(=O)N(c2ccc(S(N)(=O)=O)cc2)C1c1ccc(C)o1. The molecule has 3 N–H and O–H groups in total. The van der Waals surface area contributed by atoms with Crippen molar-refractivity contribution in [2.45, 2.75) is 17.9 Å². The van der Waals surface area contributed by atoms with Crippen LogP contribution in [0.2, 0.25) is 0 Å². The van der Waals surface area contributed by atoms with Gasteiger partial charge in [-0.1, -0.05) is 6.07 Å². The monoisotopic (exact) mass is 498 g/mol. The maximum atomic E-state index is 13.3. The topological polar surface area (TPSA) is 149 Å². The van der Waals surface area contributed by atoms with Gasteiger partial charge in [-0.2, -0.15) is 0 Å². The van der Waals surface area contributed by atoms with Gasteiger partial charge in [0, 0.05) is 5.69 Å². The van der Waals surface area contributed by atoms with Crippen molar-refractivity contribution >= 4 is 33.2 Å². The summed E-state index contributed by atoms with van der Waals surface area (Å²) >= 11 is 0. The zero-order valence-corrected chi connectivity index (χ0v) is 19.8. The summed E-state index contributed by atoms with van der Waals surface area (Å²) in [7, 11) is -1.18. The van der Waals surface area contributed by atoms with E-state index in [1.165, 1.54) is 38.5 Å². The number of methoxy groups -OCH3 is 2. The third kappa shape index (κ3) is 4.15. The molecule has 1 aliphatic heterocycles. The van der Waals surface area contributed by atoms with E-state index >= 15 is 0 Å². The molecule has 1 aromatic heterocycles. The summed E-state index contributed by atoms with van der Waals surface area (Å²) < 4.78 is 39.8. The first kappa shape index (κ1) is 24.0. The van der Waals surface area contributed by atoms with E-state index in [1.54, 1.807) is 37.3 Å². The van der Waals surface area contributed by atoms with Crippen LogP contribution in [0, 0.1) is 6.92 Å². The van der Waals surface area contributed by atoms with Crippen molar-refractivity contribution in [1.29, 1.82) is 0 Å². The van der Waals surface area contributed by atoms with Gasteiger partial charge in [0.2, 0.25) is 10.0 Å². The molecule has 1 atom stereocenters. The first-order chi connectivity index (χ1) is 16.6. The van der Waals surface area contributed by atoms with E-state index in [4.69, 9.17) is 19.0 Å². The Labute approximate surface area is 201 Å². The summed E-state index contributed by atoms with van der Waals surface area (Å²) in [5.41, 5.74) is 0.0422. The number of hydrogen-bond acceptors (Lipinski definition) is 8. The van der Waals surface area contributed by atoms with Crippen LogP contribution in [-0.2, 0) is 19.6 Å². The Morgan fingerprint density at radius 2 is 1.60 bits per heavy atom. The summed E-state index contributed by atoms with van der Waals surface area (Å²) in [5.74, 6) is -1.24. The van der Waals surface area contributed by atoms with Gasteiger partial charge in [0.15, 0.2) is 0 Å². The Balaban J connectivity index is 1.97. The Hall–Kier alpha value is -4.09. The number of Topliss-reactive ketones (excluding diaryl/α,β-unsaturated/α-hetero) is 1. The lowest BCUT2D eigenvalue weighted by molar-refractivity contribution is -0.132. The van der Waals surface area contributed by atoms with Crippen molar-refractivity contribution in [1.82, 2.24) is 0 Å². The quantitative estimate of drug-likeness (QED) is 0.299. The summed E-state index contributed by atoms with van der Waals surface area (Å²) in [6.45, 7) is 1.69. The van der Waals surface area contributed by atoms with Crippen LogP contribution in [0.3, 0.4) is 0 Å². The van der Waals surface area contributed by atoms with Gasteiger partial charge >= 0.3 is 0 Å². The van der Waals surface area contributed by atoms with Gasteiger partial charge in [-0.05, 0) is 55.5 Å². The lowest BCUT2D eigenvalue weighted by Crippen LogP contribution is -2.29. The van der Waals surface area contributed by atoms with Gasteiger partial charge < -0.3 is 19.0 Å². The molecule has 2 heterocycles. The molecule has 0 aliphatic carbocycles. The van der Waals surface area contributed by atoms with Crippen LogP contribution < -0.4 is 19.5 Å². The van der Waals surface area contributed by atoms with E-state index in [2.05, 4.69) is 0 Å². The minimum absolute atomic E-state index is 0.0911. The molecule has 0 spiro atoms. The first-order valence-electron chi connectivity index (χ1n) is 10.3. The number of carbonyl (C=O) groups excluding carboxylic acids is 2. The molecule has 1 unspecified atom stereocenters. The van der Waals surface area contributed by atoms with Crippen molar-refractivity contribution in [3.05, 3.63) is 77.3 Å². The average molecular weight is 499 g/mol. The van der Waals surface area contributed by atoms with Gasteiger partial charge in [0.05, 0.1) is 24.7 Å². The van der Waals surface area contributed by atoms with Crippen molar-refractivity contribution in [2.24, 2.45) is 5.14 Å². The molecule has 1 amide bonds. The van der Waals surface area contributed by atoms with Crippen LogP contribution in [0.25, 0.3) is 5.76 Å². The number of ketones is 1. The molecule has 0 radical (unpaired) electrons. The van der Waals surface area contributed by atoms with Gasteiger partial charge in [-0.15, -0.1) is 0 Å². The number of aryl methyl sites for hydroxylation is 1. The predicted octanol–water partition coefficient (Wildman–Crippen LogP) is 2.88.